The second-order valence-corrected chi connectivity index (χ2v) is 16.5. The molecule has 2 aliphatic heterocycles. The van der Waals surface area contributed by atoms with Crippen LogP contribution in [0.15, 0.2) is 170 Å². The number of carboxylic acid groups (broad SMARTS) is 1. The number of carbonyl (C=O) groups is 3. The second-order valence-electron chi connectivity index (χ2n) is 16.5. The Morgan fingerprint density at radius 2 is 1.27 bits per heavy atom. The van der Waals surface area contributed by atoms with E-state index >= 15 is 0 Å². The van der Waals surface area contributed by atoms with Gasteiger partial charge in [-0.25, -0.2) is 14.3 Å². The molecule has 3 N–H and O–H groups in total. The molecule has 9 rings (SSSR count). The number of benzene rings is 6. The van der Waals surface area contributed by atoms with E-state index < -0.39 is 36.5 Å². The number of hydroxylamine groups is 3. The number of carbonyl (C=O) groups excluding carboxylic acids is 2. The van der Waals surface area contributed by atoms with E-state index in [1.165, 1.54) is 28.3 Å². The molecule has 70 heavy (non-hydrogen) atoms. The van der Waals surface area contributed by atoms with Crippen LogP contribution in [0.25, 0.3) is 11.1 Å². The predicted octanol–water partition coefficient (Wildman–Crippen LogP) is 9.05. The summed E-state index contributed by atoms with van der Waals surface area (Å²) >= 11 is 0. The van der Waals surface area contributed by atoms with E-state index in [0.717, 1.165) is 22.8 Å². The first kappa shape index (κ1) is 50.1. The van der Waals surface area contributed by atoms with Crippen molar-refractivity contribution < 1.29 is 63.0 Å². The zero-order chi connectivity index (χ0) is 49.4. The lowest BCUT2D eigenvalue weighted by Crippen LogP contribution is -2.35. The summed E-state index contributed by atoms with van der Waals surface area (Å²) in [5, 5.41) is 40.0. The Balaban J connectivity index is 0.000000156. The minimum absolute atomic E-state index is 0.0160. The maximum Gasteiger partial charge on any atom is 0.508 e. The minimum Gasteiger partial charge on any atom is -0.623 e. The first-order chi connectivity index (χ1) is 33.9. The van der Waals surface area contributed by atoms with Crippen molar-refractivity contribution in [3.05, 3.63) is 197 Å². The monoisotopic (exact) mass is 950 g/mol. The van der Waals surface area contributed by atoms with Crippen LogP contribution in [0.2, 0.25) is 0 Å². The normalized spacial score (nSPS) is 17.9. The van der Waals surface area contributed by atoms with E-state index in [1.807, 2.05) is 109 Å². The van der Waals surface area contributed by atoms with Crippen molar-refractivity contribution in [3.63, 3.8) is 0 Å². The molecule has 0 unspecified atom stereocenters. The van der Waals surface area contributed by atoms with Gasteiger partial charge in [-0.1, -0.05) is 103 Å². The number of rotatable bonds is 15. The third kappa shape index (κ3) is 13.7. The number of nitrogens with zero attached hydrogens (tertiary/aromatic N) is 2. The highest BCUT2D eigenvalue weighted by atomic mass is 16.7. The zero-order valence-corrected chi connectivity index (χ0v) is 38.6. The first-order valence-electron chi connectivity index (χ1n) is 22.7. The maximum atomic E-state index is 12.0. The number of fused-ring (bicyclic) bond motifs is 4. The molecule has 6 aromatic carbocycles. The molecular weight excluding hydrogens is 897 g/mol. The molecule has 0 aromatic heterocycles. The van der Waals surface area contributed by atoms with Crippen LogP contribution in [0.1, 0.15) is 42.0 Å². The first-order valence-corrected chi connectivity index (χ1v) is 22.7. The molecule has 6 aromatic rings. The lowest BCUT2D eigenvalue weighted by molar-refractivity contribution is -0.469. The highest BCUT2D eigenvalue weighted by Crippen LogP contribution is 2.44. The summed E-state index contributed by atoms with van der Waals surface area (Å²) in [6, 6.07) is 49.4. The van der Waals surface area contributed by atoms with E-state index in [0.29, 0.717) is 35.4 Å². The summed E-state index contributed by atoms with van der Waals surface area (Å²) in [6.45, 7) is 4.25. The number of aliphatic carboxylic acids is 1. The van der Waals surface area contributed by atoms with Gasteiger partial charge in [0.15, 0.2) is 6.54 Å². The van der Waals surface area contributed by atoms with Gasteiger partial charge in [-0.3, -0.25) is 9.63 Å². The molecule has 2 fully saturated rings. The number of hydrogen-bond acceptors (Lipinski definition) is 13. The Morgan fingerprint density at radius 3 is 1.80 bits per heavy atom. The van der Waals surface area contributed by atoms with Crippen molar-refractivity contribution in [1.29, 1.82) is 0 Å². The lowest BCUT2D eigenvalue weighted by Gasteiger charge is -2.21. The fourth-order valence-electron chi connectivity index (χ4n) is 8.19. The van der Waals surface area contributed by atoms with Gasteiger partial charge >= 0.3 is 18.1 Å². The Hall–Kier alpha value is -7.82. The summed E-state index contributed by atoms with van der Waals surface area (Å²) in [6.07, 6.45) is 1.51. The largest absolute Gasteiger partial charge is 0.623 e. The highest BCUT2D eigenvalue weighted by Gasteiger charge is 2.54. The van der Waals surface area contributed by atoms with Gasteiger partial charge in [0.05, 0.1) is 31.8 Å². The van der Waals surface area contributed by atoms with Gasteiger partial charge in [-0.2, -0.15) is 5.06 Å². The van der Waals surface area contributed by atoms with Crippen LogP contribution in [0.3, 0.4) is 0 Å². The summed E-state index contributed by atoms with van der Waals surface area (Å²) in [4.78, 5) is 40.1. The van der Waals surface area contributed by atoms with Gasteiger partial charge in [-0.05, 0) is 108 Å². The Bertz CT molecular complexity index is 2670. The van der Waals surface area contributed by atoms with E-state index in [9.17, 15) is 24.7 Å². The van der Waals surface area contributed by atoms with Gasteiger partial charge in [0.25, 0.3) is 6.21 Å². The molecule has 0 amide bonds. The number of hydrogen-bond donors (Lipinski definition) is 3. The number of carboxylic acids is 1. The maximum absolute atomic E-state index is 12.0. The summed E-state index contributed by atoms with van der Waals surface area (Å²) in [5.74, 6) is 1.23. The predicted molar refractivity (Wildman–Crippen MR) is 259 cm³/mol. The molecule has 1 aliphatic carbocycles. The van der Waals surface area contributed by atoms with Gasteiger partial charge in [0.2, 0.25) is 0 Å². The number of para-hydroxylation sites is 2. The molecule has 15 heteroatoms. The van der Waals surface area contributed by atoms with Crippen molar-refractivity contribution in [1.82, 2.24) is 5.06 Å². The van der Waals surface area contributed by atoms with Crippen LogP contribution in [0, 0.1) is 11.1 Å². The Kier molecular flexibility index (Phi) is 17.5. The Morgan fingerprint density at radius 1 is 0.757 bits per heavy atom. The zero-order valence-electron chi connectivity index (χ0n) is 38.6. The molecule has 2 heterocycles. The van der Waals surface area contributed by atoms with Crippen LogP contribution in [0.5, 0.6) is 23.0 Å². The summed E-state index contributed by atoms with van der Waals surface area (Å²) in [5.41, 5.74) is 6.40. The molecule has 0 bridgehead atoms. The van der Waals surface area contributed by atoms with Crippen LogP contribution in [0.4, 0.5) is 4.79 Å². The molecular formula is C55H54N2O13. The molecule has 0 saturated carbocycles. The third-order valence-electron chi connectivity index (χ3n) is 11.4. The van der Waals surface area contributed by atoms with Crippen molar-refractivity contribution in [3.8, 4) is 34.1 Å². The van der Waals surface area contributed by atoms with Crippen molar-refractivity contribution in [2.24, 2.45) is 5.92 Å². The molecule has 3 aliphatic rings. The fraction of sp³-hybridized carbons (Fsp3) is 0.236. The van der Waals surface area contributed by atoms with E-state index in [4.69, 9.17) is 38.7 Å². The van der Waals surface area contributed by atoms with Crippen molar-refractivity contribution >= 4 is 24.3 Å². The van der Waals surface area contributed by atoms with Crippen LogP contribution < -0.4 is 9.47 Å². The number of cyclic esters (lactones) is 1. The number of ether oxygens (including phenoxy) is 5. The van der Waals surface area contributed by atoms with E-state index in [2.05, 4.69) is 24.3 Å². The molecule has 2 saturated heterocycles. The minimum atomic E-state index is -1.26. The number of esters is 1. The molecule has 0 radical (unpaired) electrons. The fourth-order valence-corrected chi connectivity index (χ4v) is 8.19. The molecule has 5 atom stereocenters. The highest BCUT2D eigenvalue weighted by molar-refractivity contribution is 6.19. The average Bonchev–Trinajstić information content (AvgIpc) is 4.03. The summed E-state index contributed by atoms with van der Waals surface area (Å²) in [7, 11) is 0. The number of aliphatic hydroxyl groups is 2. The van der Waals surface area contributed by atoms with Crippen molar-refractivity contribution in [2.45, 2.75) is 57.2 Å². The SMILES string of the molecule is C[C@@H](/C=C\CO)OC(=O)OCC1c2ccccc2-c2ccccc21.C[C@H](O)[C@@H]1ON(Cc2ccc(Oc3ccccc3)cc2)[C@@H]2C(=O)OC[C@H]12.O=C(O)/C=[N+](/[O-])Cc1ccc(Oc2ccccc2)cc1. The molecule has 15 nitrogen and oxygen atoms in total. The van der Waals surface area contributed by atoms with Gasteiger partial charge in [0, 0.05) is 11.5 Å². The lowest BCUT2D eigenvalue weighted by atomic mass is 9.95. The molecule has 0 spiro atoms. The number of aliphatic hydroxyl groups excluding tert-OH is 2. The standard InChI is InChI=1S/C20H21NO5.C20H20O4.C15H13NO4/c1-13(22)19-17-12-24-20(23)18(17)21(26-19)11-14-7-9-16(10-8-14)25-15-5-3-2-4-6-15;1-14(7-6-12-21)24-20(22)23-13-19-17-10-4-2-8-15(17)16-9-3-5-11-18(16)19;17-15(18)11-16(19)10-12-6-8-14(9-7-12)20-13-4-2-1-3-5-13/h2-10,13,17-19,22H,11-12H2,1H3;2-11,14,19,21H,12-13H2,1H3;1-9,11H,10H2,(H,17,18)/b;7-6-;16-11+/t13-,17-,18-,19-;14-;/m00./s1. The van der Waals surface area contributed by atoms with Crippen molar-refractivity contribution in [2.75, 3.05) is 19.8 Å². The average molecular weight is 951 g/mol. The summed E-state index contributed by atoms with van der Waals surface area (Å²) < 4.78 is 27.4. The van der Waals surface area contributed by atoms with E-state index in [1.54, 1.807) is 49.3 Å². The van der Waals surface area contributed by atoms with Gasteiger partial charge < -0.3 is 44.2 Å². The topological polar surface area (TPSA) is 197 Å². The Labute approximate surface area is 405 Å². The second kappa shape index (κ2) is 24.5. The molecule has 362 valence electrons. The van der Waals surface area contributed by atoms with Crippen LogP contribution >= 0.6 is 0 Å². The van der Waals surface area contributed by atoms with Gasteiger partial charge in [-0.15, -0.1) is 0 Å². The van der Waals surface area contributed by atoms with E-state index in [-0.39, 0.29) is 37.6 Å². The quantitative estimate of drug-likeness (QED) is 0.0220. The van der Waals surface area contributed by atoms with Gasteiger partial charge in [0.1, 0.15) is 47.9 Å². The van der Waals surface area contributed by atoms with Crippen LogP contribution in [-0.4, -0.2) is 93.6 Å². The smallest absolute Gasteiger partial charge is 0.508 e. The third-order valence-corrected chi connectivity index (χ3v) is 11.4. The van der Waals surface area contributed by atoms with Crippen LogP contribution in [-0.2, 0) is 41.7 Å².